The van der Waals surface area contributed by atoms with Crippen molar-refractivity contribution in [3.8, 4) is 5.88 Å². The molecule has 0 N–H and O–H groups in total. The van der Waals surface area contributed by atoms with Crippen LogP contribution in [-0.2, 0) is 19.3 Å². The molecule has 33 heavy (non-hydrogen) atoms. The number of carbonyl (C=O) groups is 1. The quantitative estimate of drug-likeness (QED) is 0.602. The maximum Gasteiger partial charge on any atom is 0.410 e. The summed E-state index contributed by atoms with van der Waals surface area (Å²) in [5.74, 6) is 0.344. The molecule has 0 atom stereocenters. The fraction of sp³-hybridized carbons (Fsp3) is 0.783. The number of carbonyl (C=O) groups excluding carboxylic acids is 1. The number of sulfone groups is 1. The molecule has 1 saturated heterocycles. The first-order valence-electron chi connectivity index (χ1n) is 11.8. The number of likely N-dealkylation sites (tertiary alicyclic amines) is 1. The van der Waals surface area contributed by atoms with Crippen molar-refractivity contribution in [1.29, 1.82) is 0 Å². The Labute approximate surface area is 197 Å². The Morgan fingerprint density at radius 2 is 1.55 bits per heavy atom. The van der Waals surface area contributed by atoms with Crippen molar-refractivity contribution >= 4 is 15.9 Å². The second-order valence-corrected chi connectivity index (χ2v) is 12.6. The van der Waals surface area contributed by atoms with Crippen molar-refractivity contribution < 1.29 is 27.4 Å². The van der Waals surface area contributed by atoms with E-state index < -0.39 is 20.7 Å². The van der Waals surface area contributed by atoms with Crippen LogP contribution in [0.1, 0.15) is 73.1 Å². The molecule has 1 aliphatic heterocycles. The third-order valence-electron chi connectivity index (χ3n) is 5.90. The molecule has 186 valence electrons. The van der Waals surface area contributed by atoms with E-state index in [9.17, 15) is 13.2 Å². The highest BCUT2D eigenvalue weighted by Gasteiger charge is 2.30. The van der Waals surface area contributed by atoms with Crippen molar-refractivity contribution in [2.24, 2.45) is 0 Å². The number of hydrogen-bond donors (Lipinski definition) is 0. The molecule has 1 amide bonds. The number of hydrogen-bond acceptors (Lipinski definition) is 8. The highest BCUT2D eigenvalue weighted by molar-refractivity contribution is 7.91. The van der Waals surface area contributed by atoms with E-state index in [1.165, 1.54) is 12.4 Å². The Morgan fingerprint density at radius 3 is 2.06 bits per heavy atom. The van der Waals surface area contributed by atoms with Crippen LogP contribution in [0.5, 0.6) is 5.88 Å². The molecule has 2 heterocycles. The van der Waals surface area contributed by atoms with Crippen molar-refractivity contribution in [2.75, 3.05) is 13.1 Å². The summed E-state index contributed by atoms with van der Waals surface area (Å²) in [6.07, 6.45) is 7.86. The van der Waals surface area contributed by atoms with Crippen molar-refractivity contribution in [2.45, 2.75) is 107 Å². The molecule has 2 aliphatic rings. The van der Waals surface area contributed by atoms with Crippen LogP contribution >= 0.6 is 0 Å². The average Bonchev–Trinajstić information content (AvgIpc) is 2.75. The normalized spacial score (nSPS) is 22.9. The van der Waals surface area contributed by atoms with Gasteiger partial charge in [0, 0.05) is 13.1 Å². The van der Waals surface area contributed by atoms with Crippen LogP contribution in [0.2, 0.25) is 0 Å². The van der Waals surface area contributed by atoms with E-state index >= 15 is 0 Å². The van der Waals surface area contributed by atoms with E-state index in [0.717, 1.165) is 38.5 Å². The minimum Gasteiger partial charge on any atom is -0.473 e. The first kappa shape index (κ1) is 25.7. The average molecular weight is 484 g/mol. The van der Waals surface area contributed by atoms with Gasteiger partial charge in [-0.2, -0.15) is 0 Å². The van der Waals surface area contributed by atoms with Gasteiger partial charge in [-0.3, -0.25) is 0 Å². The molecule has 0 aromatic carbocycles. The summed E-state index contributed by atoms with van der Waals surface area (Å²) in [6, 6.07) is 0. The first-order valence-corrected chi connectivity index (χ1v) is 13.3. The molecule has 0 spiro atoms. The predicted octanol–water partition coefficient (Wildman–Crippen LogP) is 3.76. The van der Waals surface area contributed by atoms with Gasteiger partial charge in [0.15, 0.2) is 14.9 Å². The third-order valence-corrected chi connectivity index (χ3v) is 7.94. The van der Waals surface area contributed by atoms with Gasteiger partial charge in [0.25, 0.3) is 0 Å². The topological polar surface area (TPSA) is 108 Å². The Hall–Kier alpha value is -1.94. The van der Waals surface area contributed by atoms with Crippen LogP contribution in [0, 0.1) is 0 Å². The molecule has 1 saturated carbocycles. The Kier molecular flexibility index (Phi) is 8.21. The molecule has 1 aliphatic carbocycles. The lowest BCUT2D eigenvalue weighted by molar-refractivity contribution is -0.0678. The zero-order valence-corrected chi connectivity index (χ0v) is 21.1. The summed E-state index contributed by atoms with van der Waals surface area (Å²) in [7, 11) is -3.44. The zero-order chi connectivity index (χ0) is 24.2. The van der Waals surface area contributed by atoms with Crippen molar-refractivity contribution in [3.05, 3.63) is 12.4 Å². The van der Waals surface area contributed by atoms with Gasteiger partial charge in [-0.25, -0.2) is 23.2 Å². The summed E-state index contributed by atoms with van der Waals surface area (Å²) >= 11 is 0. The lowest BCUT2D eigenvalue weighted by Crippen LogP contribution is -2.44. The number of nitrogens with zero attached hydrogens (tertiary/aromatic N) is 3. The Bertz CT molecular complexity index is 882. The minimum atomic E-state index is -3.44. The van der Waals surface area contributed by atoms with E-state index in [0.29, 0.717) is 19.0 Å². The largest absolute Gasteiger partial charge is 0.473 e. The highest BCUT2D eigenvalue weighted by Crippen LogP contribution is 2.28. The van der Waals surface area contributed by atoms with Gasteiger partial charge in [-0.1, -0.05) is 0 Å². The molecule has 9 nitrogen and oxygen atoms in total. The molecular weight excluding hydrogens is 446 g/mol. The van der Waals surface area contributed by atoms with E-state index in [1.54, 1.807) is 18.7 Å². The second kappa shape index (κ2) is 10.5. The van der Waals surface area contributed by atoms with E-state index in [2.05, 4.69) is 9.97 Å². The monoisotopic (exact) mass is 483 g/mol. The molecule has 0 bridgehead atoms. The Balaban J connectivity index is 1.39. The summed E-state index contributed by atoms with van der Waals surface area (Å²) in [5, 5.41) is -0.571. The molecule has 2 fully saturated rings. The number of piperidine rings is 1. The summed E-state index contributed by atoms with van der Waals surface area (Å²) < 4.78 is 42.0. The number of ether oxygens (including phenoxy) is 3. The SMILES string of the molecule is CC(C)S(=O)(=O)c1cnc(OC2CCC(OC3CCN(C(=O)OC(C)(C)C)CC3)CC2)cn1. The Morgan fingerprint density at radius 1 is 0.970 bits per heavy atom. The van der Waals surface area contributed by atoms with Gasteiger partial charge in [0.1, 0.15) is 11.7 Å². The third kappa shape index (κ3) is 7.27. The number of aromatic nitrogens is 2. The summed E-state index contributed by atoms with van der Waals surface area (Å²) in [4.78, 5) is 22.1. The van der Waals surface area contributed by atoms with Crippen LogP contribution in [0.15, 0.2) is 17.4 Å². The van der Waals surface area contributed by atoms with Gasteiger partial charge in [-0.05, 0) is 73.1 Å². The highest BCUT2D eigenvalue weighted by atomic mass is 32.2. The van der Waals surface area contributed by atoms with E-state index in [1.807, 2.05) is 20.8 Å². The first-order chi connectivity index (χ1) is 15.4. The standard InChI is InChI=1S/C23H37N3O6S/c1-16(2)33(28,29)21-15-24-20(14-25-21)31-18-8-6-17(7-9-18)30-19-10-12-26(13-11-19)22(27)32-23(3,4)5/h14-19H,6-13H2,1-5H3. The summed E-state index contributed by atoms with van der Waals surface area (Å²) in [5.41, 5.74) is -0.482. The maximum absolute atomic E-state index is 12.2. The van der Waals surface area contributed by atoms with Crippen LogP contribution in [0.4, 0.5) is 4.79 Å². The molecular formula is C23H37N3O6S. The maximum atomic E-state index is 12.2. The zero-order valence-electron chi connectivity index (χ0n) is 20.3. The minimum absolute atomic E-state index is 0.0146. The van der Waals surface area contributed by atoms with Gasteiger partial charge in [0.2, 0.25) is 5.88 Å². The van der Waals surface area contributed by atoms with Gasteiger partial charge in [0.05, 0.1) is 29.9 Å². The molecule has 1 aromatic rings. The fourth-order valence-corrected chi connectivity index (χ4v) is 4.87. The van der Waals surface area contributed by atoms with E-state index in [-0.39, 0.29) is 29.4 Å². The molecule has 3 rings (SSSR count). The van der Waals surface area contributed by atoms with E-state index in [4.69, 9.17) is 14.2 Å². The van der Waals surface area contributed by atoms with Crippen LogP contribution in [-0.4, -0.2) is 71.6 Å². The summed E-state index contributed by atoms with van der Waals surface area (Å²) in [6.45, 7) is 10.2. The van der Waals surface area contributed by atoms with Gasteiger partial charge in [-0.15, -0.1) is 0 Å². The molecule has 10 heteroatoms. The van der Waals surface area contributed by atoms with Crippen LogP contribution < -0.4 is 4.74 Å². The lowest BCUT2D eigenvalue weighted by Gasteiger charge is -2.36. The molecule has 0 radical (unpaired) electrons. The smallest absolute Gasteiger partial charge is 0.410 e. The number of rotatable bonds is 6. The predicted molar refractivity (Wildman–Crippen MR) is 123 cm³/mol. The van der Waals surface area contributed by atoms with Gasteiger partial charge >= 0.3 is 6.09 Å². The molecule has 1 aromatic heterocycles. The lowest BCUT2D eigenvalue weighted by atomic mass is 9.94. The number of amides is 1. The second-order valence-electron chi connectivity index (χ2n) is 10.1. The van der Waals surface area contributed by atoms with Gasteiger partial charge < -0.3 is 19.1 Å². The van der Waals surface area contributed by atoms with Crippen molar-refractivity contribution in [3.63, 3.8) is 0 Å². The van der Waals surface area contributed by atoms with Crippen molar-refractivity contribution in [1.82, 2.24) is 14.9 Å². The molecule has 0 unspecified atom stereocenters. The fourth-order valence-electron chi connectivity index (χ4n) is 3.98. The van der Waals surface area contributed by atoms with Crippen LogP contribution in [0.3, 0.4) is 0 Å². The van der Waals surface area contributed by atoms with Crippen LogP contribution in [0.25, 0.3) is 0 Å².